The highest BCUT2D eigenvalue weighted by Crippen LogP contribution is 2.29. The zero-order valence-electron chi connectivity index (χ0n) is 16.9. The lowest BCUT2D eigenvalue weighted by Crippen LogP contribution is -2.49. The summed E-state index contributed by atoms with van der Waals surface area (Å²) in [6.07, 6.45) is 1.18. The highest BCUT2D eigenvalue weighted by molar-refractivity contribution is 6.36. The van der Waals surface area contributed by atoms with Crippen LogP contribution in [0.25, 0.3) is 0 Å². The van der Waals surface area contributed by atoms with E-state index in [1.165, 1.54) is 4.90 Å². The van der Waals surface area contributed by atoms with E-state index in [9.17, 15) is 9.59 Å². The van der Waals surface area contributed by atoms with Crippen molar-refractivity contribution >= 4 is 58.2 Å². The molecule has 0 fully saturated rings. The van der Waals surface area contributed by atoms with Crippen LogP contribution in [0.5, 0.6) is 0 Å². The molecule has 2 amide bonds. The predicted molar refractivity (Wildman–Crippen MR) is 125 cm³/mol. The van der Waals surface area contributed by atoms with Crippen molar-refractivity contribution in [1.29, 1.82) is 0 Å². The van der Waals surface area contributed by atoms with Crippen LogP contribution in [0.4, 0.5) is 0 Å². The standard InChI is InChI=1S/C22H24Cl4N2O2/c1-3-11-27-22(30)20(4-2)28(13-15-18(25)9-6-10-19(15)26)21(29)12-14-16(23)7-5-8-17(14)24/h5-10,20H,3-4,11-13H2,1-2H3,(H,27,30). The number of rotatable bonds is 9. The summed E-state index contributed by atoms with van der Waals surface area (Å²) in [5, 5.41) is 4.53. The Morgan fingerprint density at radius 3 is 1.87 bits per heavy atom. The lowest BCUT2D eigenvalue weighted by atomic mass is 10.1. The van der Waals surface area contributed by atoms with E-state index in [1.807, 2.05) is 13.8 Å². The molecular weight excluding hydrogens is 466 g/mol. The van der Waals surface area contributed by atoms with Gasteiger partial charge in [0.05, 0.1) is 6.42 Å². The smallest absolute Gasteiger partial charge is 0.242 e. The molecular formula is C22H24Cl4N2O2. The van der Waals surface area contributed by atoms with Gasteiger partial charge in [0.15, 0.2) is 0 Å². The third kappa shape index (κ3) is 6.27. The minimum atomic E-state index is -0.683. The Balaban J connectivity index is 2.41. The lowest BCUT2D eigenvalue weighted by Gasteiger charge is -2.31. The minimum Gasteiger partial charge on any atom is -0.354 e. The maximum Gasteiger partial charge on any atom is 0.242 e. The summed E-state index contributed by atoms with van der Waals surface area (Å²) in [4.78, 5) is 27.7. The third-order valence-corrected chi connectivity index (χ3v) is 6.13. The van der Waals surface area contributed by atoms with Crippen LogP contribution in [0.2, 0.25) is 20.1 Å². The average molecular weight is 490 g/mol. The Hall–Kier alpha value is -1.46. The molecule has 2 aromatic carbocycles. The molecule has 2 aromatic rings. The molecule has 0 saturated carbocycles. The number of carbonyl (C=O) groups is 2. The second-order valence-electron chi connectivity index (χ2n) is 6.81. The molecule has 0 spiro atoms. The fourth-order valence-electron chi connectivity index (χ4n) is 3.09. The van der Waals surface area contributed by atoms with Gasteiger partial charge < -0.3 is 10.2 Å². The molecule has 0 radical (unpaired) electrons. The number of benzene rings is 2. The van der Waals surface area contributed by atoms with Crippen LogP contribution >= 0.6 is 46.4 Å². The van der Waals surface area contributed by atoms with Gasteiger partial charge in [0.2, 0.25) is 11.8 Å². The van der Waals surface area contributed by atoms with Gasteiger partial charge in [-0.15, -0.1) is 0 Å². The van der Waals surface area contributed by atoms with Crippen molar-refractivity contribution < 1.29 is 9.59 Å². The molecule has 1 N–H and O–H groups in total. The molecule has 4 nitrogen and oxygen atoms in total. The monoisotopic (exact) mass is 488 g/mol. The molecule has 0 heterocycles. The normalized spacial score (nSPS) is 11.8. The molecule has 0 aliphatic heterocycles. The fraction of sp³-hybridized carbons (Fsp3) is 0.364. The van der Waals surface area contributed by atoms with Gasteiger partial charge in [0, 0.05) is 38.7 Å². The quantitative estimate of drug-likeness (QED) is 0.457. The largest absolute Gasteiger partial charge is 0.354 e. The van der Waals surface area contributed by atoms with Crippen LogP contribution in [0.15, 0.2) is 36.4 Å². The Morgan fingerprint density at radius 1 is 0.900 bits per heavy atom. The van der Waals surface area contributed by atoms with E-state index in [2.05, 4.69) is 5.32 Å². The van der Waals surface area contributed by atoms with Crippen LogP contribution in [0.1, 0.15) is 37.8 Å². The molecule has 2 rings (SSSR count). The van der Waals surface area contributed by atoms with E-state index < -0.39 is 6.04 Å². The molecule has 0 aliphatic rings. The van der Waals surface area contributed by atoms with Gasteiger partial charge in [0.25, 0.3) is 0 Å². The van der Waals surface area contributed by atoms with Crippen molar-refractivity contribution in [1.82, 2.24) is 10.2 Å². The first-order chi connectivity index (χ1) is 14.3. The third-order valence-electron chi connectivity index (χ3n) is 4.71. The van der Waals surface area contributed by atoms with E-state index in [0.29, 0.717) is 44.2 Å². The SMILES string of the molecule is CCCNC(=O)C(CC)N(Cc1c(Cl)cccc1Cl)C(=O)Cc1c(Cl)cccc1Cl. The maximum atomic E-state index is 13.4. The van der Waals surface area contributed by atoms with Crippen molar-refractivity contribution in [2.75, 3.05) is 6.54 Å². The predicted octanol–water partition coefficient (Wildman–Crippen LogP) is 6.18. The second-order valence-corrected chi connectivity index (χ2v) is 8.44. The summed E-state index contributed by atoms with van der Waals surface area (Å²) in [6, 6.07) is 9.52. The number of halogens is 4. The number of hydrogen-bond donors (Lipinski definition) is 1. The van der Waals surface area contributed by atoms with Crippen LogP contribution in [-0.4, -0.2) is 29.3 Å². The summed E-state index contributed by atoms with van der Waals surface area (Å²) in [5.41, 5.74) is 1.10. The van der Waals surface area contributed by atoms with E-state index in [4.69, 9.17) is 46.4 Å². The van der Waals surface area contributed by atoms with Gasteiger partial charge >= 0.3 is 0 Å². The molecule has 0 aliphatic carbocycles. The topological polar surface area (TPSA) is 49.4 Å². The van der Waals surface area contributed by atoms with Gasteiger partial charge in [0.1, 0.15) is 6.04 Å². The van der Waals surface area contributed by atoms with Crippen molar-refractivity contribution in [3.05, 3.63) is 67.6 Å². The molecule has 30 heavy (non-hydrogen) atoms. The minimum absolute atomic E-state index is 0.0435. The number of carbonyl (C=O) groups excluding carboxylic acids is 2. The number of amides is 2. The summed E-state index contributed by atoms with van der Waals surface area (Å²) >= 11 is 25.2. The summed E-state index contributed by atoms with van der Waals surface area (Å²) in [6.45, 7) is 4.44. The molecule has 162 valence electrons. The Kier molecular flexibility index (Phi) is 9.76. The maximum absolute atomic E-state index is 13.4. The van der Waals surface area contributed by atoms with Crippen molar-refractivity contribution in [2.24, 2.45) is 0 Å². The average Bonchev–Trinajstić information content (AvgIpc) is 2.71. The Labute approximate surface area is 197 Å². The van der Waals surface area contributed by atoms with E-state index >= 15 is 0 Å². The van der Waals surface area contributed by atoms with Crippen molar-refractivity contribution in [2.45, 2.75) is 45.7 Å². The van der Waals surface area contributed by atoms with Gasteiger partial charge in [-0.2, -0.15) is 0 Å². The number of nitrogens with one attached hydrogen (secondary N) is 1. The van der Waals surface area contributed by atoms with Gasteiger partial charge in [-0.1, -0.05) is 72.4 Å². The molecule has 1 unspecified atom stereocenters. The first-order valence-corrected chi connectivity index (χ1v) is 11.2. The first kappa shape index (κ1) is 24.8. The highest BCUT2D eigenvalue weighted by Gasteiger charge is 2.30. The van der Waals surface area contributed by atoms with Crippen LogP contribution in [0.3, 0.4) is 0 Å². The number of hydrogen-bond acceptors (Lipinski definition) is 2. The van der Waals surface area contributed by atoms with Gasteiger partial charge in [-0.05, 0) is 42.7 Å². The van der Waals surface area contributed by atoms with E-state index in [-0.39, 0.29) is 24.8 Å². The molecule has 0 aromatic heterocycles. The first-order valence-electron chi connectivity index (χ1n) is 9.73. The van der Waals surface area contributed by atoms with Crippen LogP contribution in [0, 0.1) is 0 Å². The van der Waals surface area contributed by atoms with E-state index in [0.717, 1.165) is 6.42 Å². The van der Waals surface area contributed by atoms with Crippen molar-refractivity contribution in [3.8, 4) is 0 Å². The lowest BCUT2D eigenvalue weighted by molar-refractivity contribution is -0.140. The summed E-state index contributed by atoms with van der Waals surface area (Å²) < 4.78 is 0. The Morgan fingerprint density at radius 2 is 1.40 bits per heavy atom. The molecule has 8 heteroatoms. The summed E-state index contributed by atoms with van der Waals surface area (Å²) in [7, 11) is 0. The molecule has 0 saturated heterocycles. The van der Waals surface area contributed by atoms with Crippen LogP contribution < -0.4 is 5.32 Å². The second kappa shape index (κ2) is 11.8. The highest BCUT2D eigenvalue weighted by atomic mass is 35.5. The molecule has 0 bridgehead atoms. The fourth-order valence-corrected chi connectivity index (χ4v) is 4.14. The van der Waals surface area contributed by atoms with Crippen molar-refractivity contribution in [3.63, 3.8) is 0 Å². The van der Waals surface area contributed by atoms with E-state index in [1.54, 1.807) is 36.4 Å². The summed E-state index contributed by atoms with van der Waals surface area (Å²) in [5.74, 6) is -0.513. The van der Waals surface area contributed by atoms with Crippen LogP contribution in [-0.2, 0) is 22.6 Å². The molecule has 1 atom stereocenters. The zero-order chi connectivity index (χ0) is 22.3. The van der Waals surface area contributed by atoms with Gasteiger partial charge in [-0.25, -0.2) is 0 Å². The zero-order valence-corrected chi connectivity index (χ0v) is 19.9. The Bertz CT molecular complexity index is 864. The van der Waals surface area contributed by atoms with Gasteiger partial charge in [-0.3, -0.25) is 9.59 Å². The number of nitrogens with zero attached hydrogens (tertiary/aromatic N) is 1.